The minimum Gasteiger partial charge on any atom is -0.382 e. The zero-order valence-electron chi connectivity index (χ0n) is 18.5. The second-order valence-electron chi connectivity index (χ2n) is 8.72. The van der Waals surface area contributed by atoms with Crippen molar-refractivity contribution < 1.29 is 4.79 Å². The number of nitrogens with two attached hydrogens (primary N) is 2. The molecule has 1 aliphatic carbocycles. The molecule has 5 N–H and O–H groups in total. The molecule has 0 radical (unpaired) electrons. The molecular weight excluding hydrogens is 414 g/mol. The summed E-state index contributed by atoms with van der Waals surface area (Å²) in [6.45, 7) is 1.96. The predicted molar refractivity (Wildman–Crippen MR) is 129 cm³/mol. The zero-order chi connectivity index (χ0) is 22.9. The fourth-order valence-corrected chi connectivity index (χ4v) is 4.61. The number of hydrogen-bond acceptors (Lipinski definition) is 6. The number of nitrogens with zero attached hydrogens (tertiary/aromatic N) is 4. The van der Waals surface area contributed by atoms with Gasteiger partial charge in [0.05, 0.1) is 0 Å². The van der Waals surface area contributed by atoms with E-state index in [-0.39, 0.29) is 17.9 Å². The summed E-state index contributed by atoms with van der Waals surface area (Å²) >= 11 is 0. The highest BCUT2D eigenvalue weighted by molar-refractivity contribution is 6.04. The molecule has 168 valence electrons. The highest BCUT2D eigenvalue weighted by atomic mass is 16.1. The quantitative estimate of drug-likeness (QED) is 0.441. The Morgan fingerprint density at radius 1 is 1.12 bits per heavy atom. The summed E-state index contributed by atoms with van der Waals surface area (Å²) in [5, 5.41) is 2.84. The van der Waals surface area contributed by atoms with E-state index in [1.807, 2.05) is 41.8 Å². The Kier molecular flexibility index (Phi) is 5.51. The molecule has 8 nitrogen and oxygen atoms in total. The number of nitrogen functional groups attached to an aromatic ring is 1. The van der Waals surface area contributed by atoms with Crippen molar-refractivity contribution in [1.29, 1.82) is 0 Å². The number of aryl methyl sites for hydroxylation is 1. The zero-order valence-corrected chi connectivity index (χ0v) is 18.5. The van der Waals surface area contributed by atoms with Crippen LogP contribution in [0.4, 0.5) is 11.6 Å². The molecule has 0 bridgehead atoms. The number of fused-ring (bicyclic) bond motifs is 1. The molecule has 1 aliphatic rings. The van der Waals surface area contributed by atoms with Gasteiger partial charge in [-0.15, -0.1) is 0 Å². The van der Waals surface area contributed by atoms with E-state index in [1.165, 1.54) is 0 Å². The van der Waals surface area contributed by atoms with Gasteiger partial charge in [-0.1, -0.05) is 18.6 Å². The van der Waals surface area contributed by atoms with E-state index in [4.69, 9.17) is 16.5 Å². The first-order chi connectivity index (χ1) is 16.0. The van der Waals surface area contributed by atoms with Crippen LogP contribution < -0.4 is 16.8 Å². The van der Waals surface area contributed by atoms with Crippen molar-refractivity contribution in [1.82, 2.24) is 19.4 Å². The van der Waals surface area contributed by atoms with Crippen LogP contribution in [0, 0.1) is 6.92 Å². The van der Waals surface area contributed by atoms with Crippen LogP contribution in [-0.4, -0.2) is 31.3 Å². The Hall–Kier alpha value is -3.78. The van der Waals surface area contributed by atoms with Gasteiger partial charge in [-0.3, -0.25) is 9.20 Å². The monoisotopic (exact) mass is 441 g/mol. The Morgan fingerprint density at radius 3 is 2.70 bits per heavy atom. The van der Waals surface area contributed by atoms with Gasteiger partial charge in [-0.05, 0) is 56.0 Å². The lowest BCUT2D eigenvalue weighted by Gasteiger charge is -2.25. The number of carbonyl (C=O) groups is 1. The topological polar surface area (TPSA) is 124 Å². The largest absolute Gasteiger partial charge is 0.382 e. The van der Waals surface area contributed by atoms with Crippen molar-refractivity contribution in [3.63, 3.8) is 0 Å². The molecule has 1 saturated carbocycles. The molecule has 2 atom stereocenters. The van der Waals surface area contributed by atoms with Crippen molar-refractivity contribution in [2.45, 2.75) is 44.6 Å². The molecule has 0 saturated heterocycles. The summed E-state index contributed by atoms with van der Waals surface area (Å²) in [5.41, 5.74) is 16.5. The van der Waals surface area contributed by atoms with Crippen molar-refractivity contribution >= 4 is 23.1 Å². The first kappa shape index (κ1) is 21.1. The lowest BCUT2D eigenvalue weighted by Crippen LogP contribution is -2.27. The number of nitrogens with one attached hydrogen (secondary N) is 1. The van der Waals surface area contributed by atoms with Gasteiger partial charge in [0.2, 0.25) is 0 Å². The number of anilines is 2. The third-order valence-corrected chi connectivity index (χ3v) is 6.27. The van der Waals surface area contributed by atoms with Gasteiger partial charge in [0.1, 0.15) is 28.7 Å². The number of carbonyl (C=O) groups excluding carboxylic acids is 1. The molecule has 33 heavy (non-hydrogen) atoms. The van der Waals surface area contributed by atoms with Crippen LogP contribution in [-0.2, 0) is 0 Å². The third kappa shape index (κ3) is 4.17. The Labute approximate surface area is 192 Å². The van der Waals surface area contributed by atoms with Crippen molar-refractivity contribution in [3.05, 3.63) is 71.9 Å². The number of benzene rings is 1. The second kappa shape index (κ2) is 8.63. The molecule has 5 rings (SSSR count). The van der Waals surface area contributed by atoms with E-state index in [2.05, 4.69) is 15.3 Å². The van der Waals surface area contributed by atoms with Gasteiger partial charge in [0, 0.05) is 41.7 Å². The van der Waals surface area contributed by atoms with Gasteiger partial charge in [-0.2, -0.15) is 0 Å². The van der Waals surface area contributed by atoms with E-state index >= 15 is 0 Å². The minimum atomic E-state index is -0.215. The van der Waals surface area contributed by atoms with Gasteiger partial charge < -0.3 is 16.8 Å². The highest BCUT2D eigenvalue weighted by Crippen LogP contribution is 2.36. The summed E-state index contributed by atoms with van der Waals surface area (Å²) in [4.78, 5) is 26.2. The lowest BCUT2D eigenvalue weighted by molar-refractivity contribution is 0.102. The normalized spacial score (nSPS) is 18.4. The summed E-state index contributed by atoms with van der Waals surface area (Å²) < 4.78 is 2.05. The molecule has 4 aromatic rings. The predicted octanol–water partition coefficient (Wildman–Crippen LogP) is 3.92. The molecule has 1 aromatic carbocycles. The Balaban J connectivity index is 1.47. The SMILES string of the molecule is Cc1ccnc(NC(=O)c2ccc(-c3nc([C@@H]4CCC[C@@H](N)C4)n4ccnc(N)c34)cc2)c1. The molecule has 0 unspecified atom stereocenters. The average molecular weight is 442 g/mol. The lowest BCUT2D eigenvalue weighted by atomic mass is 9.85. The van der Waals surface area contributed by atoms with Crippen molar-refractivity contribution in [2.24, 2.45) is 5.73 Å². The fourth-order valence-electron chi connectivity index (χ4n) is 4.61. The molecule has 1 fully saturated rings. The van der Waals surface area contributed by atoms with Crippen LogP contribution in [0.2, 0.25) is 0 Å². The smallest absolute Gasteiger partial charge is 0.256 e. The van der Waals surface area contributed by atoms with E-state index in [0.717, 1.165) is 53.8 Å². The van der Waals surface area contributed by atoms with Crippen LogP contribution in [0.25, 0.3) is 16.8 Å². The first-order valence-corrected chi connectivity index (χ1v) is 11.2. The molecule has 0 spiro atoms. The molecule has 8 heteroatoms. The molecule has 3 aromatic heterocycles. The third-order valence-electron chi connectivity index (χ3n) is 6.27. The average Bonchev–Trinajstić information content (AvgIpc) is 3.20. The van der Waals surface area contributed by atoms with Crippen LogP contribution in [0.1, 0.15) is 53.3 Å². The van der Waals surface area contributed by atoms with Crippen molar-refractivity contribution in [3.8, 4) is 11.3 Å². The molecule has 3 heterocycles. The highest BCUT2D eigenvalue weighted by Gasteiger charge is 2.27. The number of hydrogen-bond donors (Lipinski definition) is 3. The summed E-state index contributed by atoms with van der Waals surface area (Å²) in [6, 6.07) is 11.3. The minimum absolute atomic E-state index is 0.194. The number of aromatic nitrogens is 4. The number of amides is 1. The van der Waals surface area contributed by atoms with Gasteiger partial charge in [0.25, 0.3) is 5.91 Å². The standard InChI is InChI=1S/C25H27N7O/c1-15-9-10-28-20(13-15)30-25(33)17-7-5-16(6-8-17)21-22-23(27)29-11-12-32(22)24(31-21)18-3-2-4-19(26)14-18/h5-13,18-19H,2-4,14,26H2,1H3,(H2,27,29)(H,28,30,33)/t18-,19-/m1/s1. The molecular formula is C25H27N7O. The Morgan fingerprint density at radius 2 is 1.94 bits per heavy atom. The maximum Gasteiger partial charge on any atom is 0.256 e. The van der Waals surface area contributed by atoms with E-state index in [9.17, 15) is 4.79 Å². The van der Waals surface area contributed by atoms with Crippen LogP contribution in [0.3, 0.4) is 0 Å². The number of pyridine rings is 1. The van der Waals surface area contributed by atoms with Gasteiger partial charge in [-0.25, -0.2) is 15.0 Å². The summed E-state index contributed by atoms with van der Waals surface area (Å²) in [5.74, 6) is 1.99. The van der Waals surface area contributed by atoms with Crippen LogP contribution in [0.15, 0.2) is 55.0 Å². The van der Waals surface area contributed by atoms with Gasteiger partial charge >= 0.3 is 0 Å². The fraction of sp³-hybridized carbons (Fsp3) is 0.280. The van der Waals surface area contributed by atoms with Gasteiger partial charge in [0.15, 0.2) is 0 Å². The molecule has 0 aliphatic heterocycles. The second-order valence-corrected chi connectivity index (χ2v) is 8.72. The Bertz CT molecular complexity index is 1310. The summed E-state index contributed by atoms with van der Waals surface area (Å²) in [6.07, 6.45) is 9.40. The van der Waals surface area contributed by atoms with E-state index in [1.54, 1.807) is 24.5 Å². The number of rotatable bonds is 4. The van der Waals surface area contributed by atoms with E-state index in [0.29, 0.717) is 17.2 Å². The van der Waals surface area contributed by atoms with E-state index < -0.39 is 0 Å². The first-order valence-electron chi connectivity index (χ1n) is 11.2. The number of imidazole rings is 1. The summed E-state index contributed by atoms with van der Waals surface area (Å²) in [7, 11) is 0. The van der Waals surface area contributed by atoms with Crippen molar-refractivity contribution in [2.75, 3.05) is 11.1 Å². The molecule has 1 amide bonds. The maximum absolute atomic E-state index is 12.7. The maximum atomic E-state index is 12.7. The van der Waals surface area contributed by atoms with Crippen LogP contribution in [0.5, 0.6) is 0 Å². The van der Waals surface area contributed by atoms with Crippen LogP contribution >= 0.6 is 0 Å².